The molecule has 4 heterocycles. The van der Waals surface area contributed by atoms with Crippen molar-refractivity contribution in [1.29, 1.82) is 0 Å². The SMILES string of the molecule is CCCCOC1OCC(CO)(Nc2nc(N3CC3)nc(N3CC3)n2)CO1. The molecule has 4 rings (SSSR count). The monoisotopic (exact) mass is 366 g/mol. The summed E-state index contributed by atoms with van der Waals surface area (Å²) in [5.41, 5.74) is -0.807. The van der Waals surface area contributed by atoms with Crippen molar-refractivity contribution in [3.05, 3.63) is 0 Å². The van der Waals surface area contributed by atoms with Crippen molar-refractivity contribution < 1.29 is 19.3 Å². The minimum absolute atomic E-state index is 0.168. The molecule has 0 bridgehead atoms. The molecule has 0 radical (unpaired) electrons. The number of hydrogen-bond acceptors (Lipinski definition) is 10. The Labute approximate surface area is 152 Å². The first-order valence-corrected chi connectivity index (χ1v) is 9.21. The van der Waals surface area contributed by atoms with Crippen molar-refractivity contribution in [1.82, 2.24) is 15.0 Å². The molecule has 2 N–H and O–H groups in total. The van der Waals surface area contributed by atoms with Gasteiger partial charge in [0.1, 0.15) is 5.54 Å². The number of unbranched alkanes of at least 4 members (excludes halogenated alkanes) is 1. The summed E-state index contributed by atoms with van der Waals surface area (Å²) >= 11 is 0. The lowest BCUT2D eigenvalue weighted by Gasteiger charge is -2.38. The largest absolute Gasteiger partial charge is 0.394 e. The van der Waals surface area contributed by atoms with Crippen molar-refractivity contribution in [2.24, 2.45) is 0 Å². The molecule has 26 heavy (non-hydrogen) atoms. The molecular formula is C16H26N6O4. The van der Waals surface area contributed by atoms with Gasteiger partial charge in [0.2, 0.25) is 17.8 Å². The van der Waals surface area contributed by atoms with Crippen LogP contribution >= 0.6 is 0 Å². The Bertz CT molecular complexity index is 587. The number of rotatable bonds is 9. The van der Waals surface area contributed by atoms with Gasteiger partial charge in [-0.15, -0.1) is 0 Å². The number of aromatic nitrogens is 3. The van der Waals surface area contributed by atoms with Gasteiger partial charge in [0, 0.05) is 26.2 Å². The fraction of sp³-hybridized carbons (Fsp3) is 0.812. The van der Waals surface area contributed by atoms with E-state index in [2.05, 4.69) is 37.0 Å². The van der Waals surface area contributed by atoms with E-state index < -0.39 is 12.0 Å². The van der Waals surface area contributed by atoms with E-state index in [-0.39, 0.29) is 19.8 Å². The second-order valence-corrected chi connectivity index (χ2v) is 6.93. The molecule has 3 saturated heterocycles. The van der Waals surface area contributed by atoms with Crippen LogP contribution in [0.25, 0.3) is 0 Å². The number of hydrogen-bond donors (Lipinski definition) is 2. The van der Waals surface area contributed by atoms with Crippen molar-refractivity contribution in [3.63, 3.8) is 0 Å². The van der Waals surface area contributed by atoms with Crippen LogP contribution in [0.5, 0.6) is 0 Å². The van der Waals surface area contributed by atoms with Gasteiger partial charge >= 0.3 is 0 Å². The second kappa shape index (κ2) is 7.47. The van der Waals surface area contributed by atoms with E-state index in [1.54, 1.807) is 0 Å². The third kappa shape index (κ3) is 4.14. The van der Waals surface area contributed by atoms with E-state index in [0.717, 1.165) is 39.0 Å². The Morgan fingerprint density at radius 3 is 2.23 bits per heavy atom. The maximum Gasteiger partial charge on any atom is 0.271 e. The molecule has 0 aliphatic carbocycles. The Morgan fingerprint density at radius 1 is 1.12 bits per heavy atom. The summed E-state index contributed by atoms with van der Waals surface area (Å²) in [7, 11) is 0. The first-order valence-electron chi connectivity index (χ1n) is 9.21. The van der Waals surface area contributed by atoms with Crippen molar-refractivity contribution in [2.75, 3.05) is 67.7 Å². The molecule has 0 atom stereocenters. The fourth-order valence-corrected chi connectivity index (χ4v) is 2.60. The van der Waals surface area contributed by atoms with Crippen LogP contribution in [0.3, 0.4) is 0 Å². The quantitative estimate of drug-likeness (QED) is 0.451. The summed E-state index contributed by atoms with van der Waals surface area (Å²) < 4.78 is 16.8. The van der Waals surface area contributed by atoms with Gasteiger partial charge in [-0.3, -0.25) is 0 Å². The lowest BCUT2D eigenvalue weighted by Crippen LogP contribution is -2.56. The summed E-state index contributed by atoms with van der Waals surface area (Å²) in [4.78, 5) is 17.6. The van der Waals surface area contributed by atoms with Crippen molar-refractivity contribution >= 4 is 17.8 Å². The normalized spacial score (nSPS) is 27.5. The van der Waals surface area contributed by atoms with Gasteiger partial charge in [-0.1, -0.05) is 13.3 Å². The van der Waals surface area contributed by atoms with Gasteiger partial charge in [0.05, 0.1) is 26.4 Å². The average molecular weight is 366 g/mol. The standard InChI is InChI=1S/C16H26N6O4/c1-2-3-8-24-15-25-10-16(9-23,11-26-15)20-12-17-13(21-4-5-21)19-14(18-12)22-6-7-22/h15,23H,2-11H2,1H3,(H,17,18,19,20). The molecule has 3 aliphatic heterocycles. The smallest absolute Gasteiger partial charge is 0.271 e. The van der Waals surface area contributed by atoms with Gasteiger partial charge in [-0.25, -0.2) is 0 Å². The molecule has 0 spiro atoms. The van der Waals surface area contributed by atoms with Gasteiger partial charge < -0.3 is 34.4 Å². The topological polar surface area (TPSA) is 105 Å². The molecule has 1 aromatic heterocycles. The molecular weight excluding hydrogens is 340 g/mol. The molecule has 3 aliphatic rings. The van der Waals surface area contributed by atoms with Crippen LogP contribution in [0.15, 0.2) is 0 Å². The van der Waals surface area contributed by atoms with E-state index in [1.807, 2.05) is 0 Å². The number of ether oxygens (including phenoxy) is 3. The molecule has 1 aromatic rings. The minimum atomic E-state index is -0.807. The summed E-state index contributed by atoms with van der Waals surface area (Å²) in [6.07, 6.45) is 2.00. The first-order chi connectivity index (χ1) is 12.7. The molecule has 144 valence electrons. The third-order valence-corrected chi connectivity index (χ3v) is 4.49. The number of aliphatic hydroxyl groups excluding tert-OH is 1. The summed E-state index contributed by atoms with van der Waals surface area (Å²) in [6, 6.07) is 0. The lowest BCUT2D eigenvalue weighted by molar-refractivity contribution is -0.324. The summed E-state index contributed by atoms with van der Waals surface area (Å²) in [5, 5.41) is 13.1. The van der Waals surface area contributed by atoms with Gasteiger partial charge in [0.15, 0.2) is 0 Å². The zero-order chi connectivity index (χ0) is 18.0. The van der Waals surface area contributed by atoms with Gasteiger partial charge in [0.25, 0.3) is 6.48 Å². The van der Waals surface area contributed by atoms with E-state index in [4.69, 9.17) is 14.2 Å². The fourth-order valence-electron chi connectivity index (χ4n) is 2.60. The second-order valence-electron chi connectivity index (χ2n) is 6.93. The minimum Gasteiger partial charge on any atom is -0.394 e. The van der Waals surface area contributed by atoms with Crippen molar-refractivity contribution in [2.45, 2.75) is 31.8 Å². The maximum absolute atomic E-state index is 9.93. The van der Waals surface area contributed by atoms with E-state index in [9.17, 15) is 5.11 Å². The predicted octanol–water partition coefficient (Wildman–Crippen LogP) is -0.198. The van der Waals surface area contributed by atoms with Crippen LogP contribution in [0.1, 0.15) is 19.8 Å². The van der Waals surface area contributed by atoms with Crippen LogP contribution in [-0.2, 0) is 14.2 Å². The van der Waals surface area contributed by atoms with Gasteiger partial charge in [-0.2, -0.15) is 15.0 Å². The van der Waals surface area contributed by atoms with Crippen LogP contribution in [0, 0.1) is 0 Å². The molecule has 3 fully saturated rings. The van der Waals surface area contributed by atoms with Crippen LogP contribution < -0.4 is 15.1 Å². The number of nitrogens with one attached hydrogen (secondary N) is 1. The summed E-state index contributed by atoms with van der Waals surface area (Å²) in [6.45, 7) is 6.13. The van der Waals surface area contributed by atoms with E-state index in [1.165, 1.54) is 0 Å². The van der Waals surface area contributed by atoms with Crippen LogP contribution in [-0.4, -0.2) is 84.7 Å². The zero-order valence-corrected chi connectivity index (χ0v) is 15.1. The predicted molar refractivity (Wildman–Crippen MR) is 94.2 cm³/mol. The maximum atomic E-state index is 9.93. The number of nitrogens with zero attached hydrogens (tertiary/aromatic N) is 5. The molecule has 0 aromatic carbocycles. The molecule has 0 amide bonds. The third-order valence-electron chi connectivity index (χ3n) is 4.49. The Kier molecular flexibility index (Phi) is 5.07. The van der Waals surface area contributed by atoms with E-state index >= 15 is 0 Å². The average Bonchev–Trinajstić information content (AvgIpc) is 3.56. The van der Waals surface area contributed by atoms with Gasteiger partial charge in [-0.05, 0) is 6.42 Å². The summed E-state index contributed by atoms with van der Waals surface area (Å²) in [5.74, 6) is 1.75. The highest BCUT2D eigenvalue weighted by molar-refractivity contribution is 5.51. The Morgan fingerprint density at radius 2 is 1.73 bits per heavy atom. The Hall–Kier alpha value is -1.75. The molecule has 0 unspecified atom stereocenters. The molecule has 0 saturated carbocycles. The number of aliphatic hydroxyl groups is 1. The molecule has 10 nitrogen and oxygen atoms in total. The van der Waals surface area contributed by atoms with E-state index in [0.29, 0.717) is 24.5 Å². The zero-order valence-electron chi connectivity index (χ0n) is 15.1. The van der Waals surface area contributed by atoms with Crippen LogP contribution in [0.4, 0.5) is 17.8 Å². The first kappa shape index (κ1) is 17.7. The lowest BCUT2D eigenvalue weighted by atomic mass is 10.0. The highest BCUT2D eigenvalue weighted by Gasteiger charge is 2.38. The highest BCUT2D eigenvalue weighted by Crippen LogP contribution is 2.26. The molecule has 10 heteroatoms. The number of anilines is 3. The van der Waals surface area contributed by atoms with Crippen molar-refractivity contribution in [3.8, 4) is 0 Å². The highest BCUT2D eigenvalue weighted by atomic mass is 16.8. The Balaban J connectivity index is 1.42. The van der Waals surface area contributed by atoms with Crippen LogP contribution in [0.2, 0.25) is 0 Å².